The average molecular weight is 313 g/mol. The molecule has 24 heavy (non-hydrogen) atoms. The van der Waals surface area contributed by atoms with E-state index in [2.05, 4.69) is 72.8 Å². The van der Waals surface area contributed by atoms with E-state index in [9.17, 15) is 0 Å². The third-order valence-electron chi connectivity index (χ3n) is 4.98. The molecule has 0 spiro atoms. The van der Waals surface area contributed by atoms with Gasteiger partial charge in [0.25, 0.3) is 0 Å². The Morgan fingerprint density at radius 2 is 1.42 bits per heavy atom. The lowest BCUT2D eigenvalue weighted by Crippen LogP contribution is -2.14. The fraction of sp³-hybridized carbons (Fsp3) is 0.261. The molecule has 3 aromatic carbocycles. The number of fused-ring (bicyclic) bond motifs is 1. The number of aliphatic imine (C=N–C) groups is 1. The number of hydrogen-bond acceptors (Lipinski definition) is 1. The Bertz CT molecular complexity index is 837. The van der Waals surface area contributed by atoms with E-state index in [0.29, 0.717) is 6.04 Å². The number of rotatable bonds is 3. The third-order valence-corrected chi connectivity index (χ3v) is 4.98. The van der Waals surface area contributed by atoms with Crippen LogP contribution >= 0.6 is 0 Å². The van der Waals surface area contributed by atoms with Crippen molar-refractivity contribution in [3.8, 4) is 0 Å². The van der Waals surface area contributed by atoms with E-state index in [0.717, 1.165) is 5.71 Å². The topological polar surface area (TPSA) is 12.4 Å². The summed E-state index contributed by atoms with van der Waals surface area (Å²) in [4.78, 5) is 5.24. The lowest BCUT2D eigenvalue weighted by atomic mass is 9.93. The van der Waals surface area contributed by atoms with Gasteiger partial charge in [0, 0.05) is 11.1 Å². The van der Waals surface area contributed by atoms with Crippen LogP contribution in [0.25, 0.3) is 10.8 Å². The SMILES string of the molecule is c1ccc(C(=NC2CCCCC2)c2cccc3ccccc23)cc1. The summed E-state index contributed by atoms with van der Waals surface area (Å²) in [6.45, 7) is 0. The molecule has 0 radical (unpaired) electrons. The van der Waals surface area contributed by atoms with Gasteiger partial charge in [-0.3, -0.25) is 4.99 Å². The highest BCUT2D eigenvalue weighted by atomic mass is 14.8. The van der Waals surface area contributed by atoms with Crippen LogP contribution in [-0.4, -0.2) is 11.8 Å². The van der Waals surface area contributed by atoms with Crippen LogP contribution in [0.15, 0.2) is 77.8 Å². The molecule has 1 saturated carbocycles. The molecular formula is C23H23N. The maximum atomic E-state index is 5.24. The Kier molecular flexibility index (Phi) is 4.42. The molecule has 4 rings (SSSR count). The molecule has 0 saturated heterocycles. The second-order valence-corrected chi connectivity index (χ2v) is 6.66. The Hall–Kier alpha value is -2.41. The van der Waals surface area contributed by atoms with Gasteiger partial charge < -0.3 is 0 Å². The first-order chi connectivity index (χ1) is 11.9. The zero-order valence-corrected chi connectivity index (χ0v) is 14.0. The summed E-state index contributed by atoms with van der Waals surface area (Å²) < 4.78 is 0. The molecule has 3 aromatic rings. The summed E-state index contributed by atoms with van der Waals surface area (Å²) in [7, 11) is 0. The van der Waals surface area contributed by atoms with Gasteiger partial charge in [-0.1, -0.05) is 92.1 Å². The molecule has 1 nitrogen and oxygen atoms in total. The van der Waals surface area contributed by atoms with Crippen LogP contribution in [0.4, 0.5) is 0 Å². The minimum atomic E-state index is 0.466. The molecule has 120 valence electrons. The summed E-state index contributed by atoms with van der Waals surface area (Å²) in [6.07, 6.45) is 6.43. The van der Waals surface area contributed by atoms with E-state index < -0.39 is 0 Å². The van der Waals surface area contributed by atoms with Gasteiger partial charge in [0.1, 0.15) is 0 Å². The normalized spacial score (nSPS) is 16.4. The van der Waals surface area contributed by atoms with Crippen molar-refractivity contribution in [3.05, 3.63) is 83.9 Å². The molecule has 0 bridgehead atoms. The first-order valence-electron chi connectivity index (χ1n) is 9.03. The van der Waals surface area contributed by atoms with Gasteiger partial charge in [-0.05, 0) is 23.6 Å². The summed E-state index contributed by atoms with van der Waals surface area (Å²) in [6, 6.07) is 26.3. The van der Waals surface area contributed by atoms with Gasteiger partial charge in [-0.2, -0.15) is 0 Å². The quantitative estimate of drug-likeness (QED) is 0.525. The monoisotopic (exact) mass is 313 g/mol. The van der Waals surface area contributed by atoms with Crippen molar-refractivity contribution < 1.29 is 0 Å². The van der Waals surface area contributed by atoms with E-state index >= 15 is 0 Å². The molecule has 0 atom stereocenters. The first kappa shape index (κ1) is 15.1. The summed E-state index contributed by atoms with van der Waals surface area (Å²) in [5, 5.41) is 2.57. The lowest BCUT2D eigenvalue weighted by Gasteiger charge is -2.20. The highest BCUT2D eigenvalue weighted by molar-refractivity contribution is 6.19. The van der Waals surface area contributed by atoms with Gasteiger partial charge in [0.15, 0.2) is 0 Å². The molecule has 1 aliphatic rings. The first-order valence-corrected chi connectivity index (χ1v) is 9.03. The minimum absolute atomic E-state index is 0.466. The van der Waals surface area contributed by atoms with Crippen molar-refractivity contribution in [1.82, 2.24) is 0 Å². The standard InChI is InChI=1S/C23H23N/c1-3-11-19(12-4-1)23(24-20-14-5-2-6-15-20)22-17-9-13-18-10-7-8-16-21(18)22/h1,3-4,7-13,16-17,20H,2,5-6,14-15H2. The molecule has 0 aliphatic heterocycles. The minimum Gasteiger partial charge on any atom is -0.281 e. The molecular weight excluding hydrogens is 290 g/mol. The van der Waals surface area contributed by atoms with E-state index in [-0.39, 0.29) is 0 Å². The predicted octanol–water partition coefficient (Wildman–Crippen LogP) is 6.01. The van der Waals surface area contributed by atoms with E-state index in [4.69, 9.17) is 4.99 Å². The molecule has 1 heteroatoms. The van der Waals surface area contributed by atoms with Gasteiger partial charge in [0.2, 0.25) is 0 Å². The van der Waals surface area contributed by atoms with Crippen molar-refractivity contribution >= 4 is 16.5 Å². The molecule has 1 fully saturated rings. The Balaban J connectivity index is 1.87. The van der Waals surface area contributed by atoms with Crippen LogP contribution in [0.2, 0.25) is 0 Å². The largest absolute Gasteiger partial charge is 0.281 e. The van der Waals surface area contributed by atoms with Crippen molar-refractivity contribution in [2.45, 2.75) is 38.1 Å². The smallest absolute Gasteiger partial charge is 0.0728 e. The maximum absolute atomic E-state index is 5.24. The molecule has 0 aromatic heterocycles. The van der Waals surface area contributed by atoms with E-state index in [1.54, 1.807) is 0 Å². The van der Waals surface area contributed by atoms with Gasteiger partial charge >= 0.3 is 0 Å². The van der Waals surface area contributed by atoms with Crippen LogP contribution in [0, 0.1) is 0 Å². The zero-order valence-electron chi connectivity index (χ0n) is 14.0. The van der Waals surface area contributed by atoms with Crippen molar-refractivity contribution in [1.29, 1.82) is 0 Å². The second kappa shape index (κ2) is 7.00. The average Bonchev–Trinajstić information content (AvgIpc) is 2.67. The zero-order chi connectivity index (χ0) is 16.2. The fourth-order valence-corrected chi connectivity index (χ4v) is 3.72. The van der Waals surface area contributed by atoms with Crippen LogP contribution < -0.4 is 0 Å². The number of nitrogens with zero attached hydrogens (tertiary/aromatic N) is 1. The summed E-state index contributed by atoms with van der Waals surface area (Å²) in [5.74, 6) is 0. The molecule has 0 N–H and O–H groups in total. The van der Waals surface area contributed by atoms with Gasteiger partial charge in [0.05, 0.1) is 11.8 Å². The molecule has 0 amide bonds. The highest BCUT2D eigenvalue weighted by Crippen LogP contribution is 2.26. The molecule has 1 aliphatic carbocycles. The Labute approximate surface area is 144 Å². The lowest BCUT2D eigenvalue weighted by molar-refractivity contribution is 0.443. The third kappa shape index (κ3) is 3.12. The van der Waals surface area contributed by atoms with E-state index in [1.165, 1.54) is 54.0 Å². The van der Waals surface area contributed by atoms with Gasteiger partial charge in [-0.25, -0.2) is 0 Å². The maximum Gasteiger partial charge on any atom is 0.0728 e. The van der Waals surface area contributed by atoms with Crippen LogP contribution in [0.5, 0.6) is 0 Å². The molecule has 0 unspecified atom stereocenters. The summed E-state index contributed by atoms with van der Waals surface area (Å²) in [5.41, 5.74) is 3.63. The van der Waals surface area contributed by atoms with Crippen molar-refractivity contribution in [2.75, 3.05) is 0 Å². The van der Waals surface area contributed by atoms with Crippen molar-refractivity contribution in [2.24, 2.45) is 4.99 Å². The van der Waals surface area contributed by atoms with Crippen LogP contribution in [-0.2, 0) is 0 Å². The number of hydrogen-bond donors (Lipinski definition) is 0. The molecule has 0 heterocycles. The predicted molar refractivity (Wildman–Crippen MR) is 103 cm³/mol. The van der Waals surface area contributed by atoms with Crippen LogP contribution in [0.3, 0.4) is 0 Å². The summed E-state index contributed by atoms with van der Waals surface area (Å²) >= 11 is 0. The fourth-order valence-electron chi connectivity index (χ4n) is 3.72. The Morgan fingerprint density at radius 3 is 2.25 bits per heavy atom. The van der Waals surface area contributed by atoms with Crippen molar-refractivity contribution in [3.63, 3.8) is 0 Å². The Morgan fingerprint density at radius 1 is 0.708 bits per heavy atom. The highest BCUT2D eigenvalue weighted by Gasteiger charge is 2.16. The van der Waals surface area contributed by atoms with E-state index in [1.807, 2.05) is 0 Å². The number of benzene rings is 3. The van der Waals surface area contributed by atoms with Crippen LogP contribution in [0.1, 0.15) is 43.2 Å². The van der Waals surface area contributed by atoms with Gasteiger partial charge in [-0.15, -0.1) is 0 Å². The second-order valence-electron chi connectivity index (χ2n) is 6.66.